The van der Waals surface area contributed by atoms with Crippen LogP contribution < -0.4 is 5.32 Å². The molecule has 0 aliphatic rings. The summed E-state index contributed by atoms with van der Waals surface area (Å²) in [6.07, 6.45) is 0. The third-order valence-electron chi connectivity index (χ3n) is 2.61. The number of thiophene rings is 1. The predicted molar refractivity (Wildman–Crippen MR) is 73.4 cm³/mol. The average molecular weight is 303 g/mol. The smallest absolute Gasteiger partial charge is 0.221 e. The van der Waals surface area contributed by atoms with E-state index >= 15 is 0 Å². The fraction of sp³-hybridized carbons (Fsp3) is 0.0714. The number of amides is 1. The maximum Gasteiger partial charge on any atom is 0.221 e. The second kappa shape index (κ2) is 5.70. The summed E-state index contributed by atoms with van der Waals surface area (Å²) in [5.41, 5.74) is -0.0131. The zero-order chi connectivity index (χ0) is 15.6. The second-order valence-corrected chi connectivity index (χ2v) is 5.06. The number of hydrogen-bond donors (Lipinski definition) is 1. The molecule has 0 radical (unpaired) electrons. The number of benzene rings is 1. The molecule has 1 aromatic carbocycles. The number of rotatable bonds is 2. The van der Waals surface area contributed by atoms with Gasteiger partial charge in [0, 0.05) is 24.1 Å². The normalized spacial score (nSPS) is 9.76. The number of nitrogens with zero attached hydrogens (tertiary/aromatic N) is 2. The van der Waals surface area contributed by atoms with Gasteiger partial charge in [-0.15, -0.1) is 11.3 Å². The lowest BCUT2D eigenvalue weighted by molar-refractivity contribution is -0.114. The van der Waals surface area contributed by atoms with Crippen LogP contribution in [0.1, 0.15) is 17.4 Å². The van der Waals surface area contributed by atoms with Gasteiger partial charge >= 0.3 is 0 Å². The van der Waals surface area contributed by atoms with Gasteiger partial charge in [-0.2, -0.15) is 10.5 Å². The summed E-state index contributed by atoms with van der Waals surface area (Å²) in [6, 6.07) is 6.58. The third kappa shape index (κ3) is 2.73. The molecule has 21 heavy (non-hydrogen) atoms. The van der Waals surface area contributed by atoms with Crippen LogP contribution in [0.15, 0.2) is 18.2 Å². The highest BCUT2D eigenvalue weighted by molar-refractivity contribution is 7.17. The van der Waals surface area contributed by atoms with Crippen molar-refractivity contribution in [2.45, 2.75) is 6.92 Å². The quantitative estimate of drug-likeness (QED) is 0.923. The Bertz CT molecular complexity index is 815. The van der Waals surface area contributed by atoms with Crippen molar-refractivity contribution in [2.75, 3.05) is 5.32 Å². The highest BCUT2D eigenvalue weighted by Gasteiger charge is 2.22. The van der Waals surface area contributed by atoms with E-state index in [-0.39, 0.29) is 26.6 Å². The van der Waals surface area contributed by atoms with Crippen LogP contribution in [0, 0.1) is 34.3 Å². The molecular formula is C14H7F2N3OS. The third-order valence-corrected chi connectivity index (χ3v) is 3.62. The number of carbonyl (C=O) groups is 1. The molecule has 0 aliphatic carbocycles. The number of hydrogen-bond acceptors (Lipinski definition) is 4. The molecule has 1 aromatic heterocycles. The minimum absolute atomic E-state index is 0.0164. The largest absolute Gasteiger partial charge is 0.317 e. The van der Waals surface area contributed by atoms with Crippen molar-refractivity contribution < 1.29 is 13.6 Å². The standard InChI is InChI=1S/C14H7F2N3OS/c1-7(20)19-14-10(5-17)13(12(6-18)21-14)9-3-2-8(15)4-11(9)16/h2-4H,1H3,(H,19,20). The van der Waals surface area contributed by atoms with Crippen molar-refractivity contribution in [2.24, 2.45) is 0 Å². The lowest BCUT2D eigenvalue weighted by Gasteiger charge is -2.03. The molecule has 2 rings (SSSR count). The summed E-state index contributed by atoms with van der Waals surface area (Å²) in [7, 11) is 0. The zero-order valence-electron chi connectivity index (χ0n) is 10.7. The van der Waals surface area contributed by atoms with Crippen LogP contribution in [-0.2, 0) is 4.79 Å². The summed E-state index contributed by atoms with van der Waals surface area (Å²) in [5, 5.41) is 21.0. The molecule has 0 spiro atoms. The minimum Gasteiger partial charge on any atom is -0.317 e. The van der Waals surface area contributed by atoms with Gasteiger partial charge in [0.1, 0.15) is 33.7 Å². The van der Waals surface area contributed by atoms with E-state index < -0.39 is 17.5 Å². The highest BCUT2D eigenvalue weighted by Crippen LogP contribution is 2.40. The first-order valence-corrected chi connectivity index (χ1v) is 6.49. The van der Waals surface area contributed by atoms with Gasteiger partial charge < -0.3 is 5.32 Å². The zero-order valence-corrected chi connectivity index (χ0v) is 11.5. The molecule has 4 nitrogen and oxygen atoms in total. The van der Waals surface area contributed by atoms with Crippen LogP contribution >= 0.6 is 11.3 Å². The highest BCUT2D eigenvalue weighted by atomic mass is 32.1. The maximum atomic E-state index is 13.9. The summed E-state index contributed by atoms with van der Waals surface area (Å²) in [6.45, 7) is 1.26. The summed E-state index contributed by atoms with van der Waals surface area (Å²) >= 11 is 0.871. The van der Waals surface area contributed by atoms with Crippen molar-refractivity contribution in [3.05, 3.63) is 40.3 Å². The first-order valence-electron chi connectivity index (χ1n) is 5.68. The van der Waals surface area contributed by atoms with Crippen molar-refractivity contribution in [1.29, 1.82) is 10.5 Å². The van der Waals surface area contributed by atoms with Crippen LogP contribution in [0.3, 0.4) is 0 Å². The fourth-order valence-corrected chi connectivity index (χ4v) is 2.82. The van der Waals surface area contributed by atoms with Crippen LogP contribution in [0.5, 0.6) is 0 Å². The monoisotopic (exact) mass is 303 g/mol. The van der Waals surface area contributed by atoms with Gasteiger partial charge in [0.25, 0.3) is 0 Å². The Kier molecular flexibility index (Phi) is 3.97. The van der Waals surface area contributed by atoms with Gasteiger partial charge in [0.15, 0.2) is 0 Å². The van der Waals surface area contributed by atoms with E-state index in [1.165, 1.54) is 6.92 Å². The second-order valence-electron chi connectivity index (χ2n) is 4.04. The van der Waals surface area contributed by atoms with Crippen LogP contribution in [0.25, 0.3) is 11.1 Å². The lowest BCUT2D eigenvalue weighted by atomic mass is 10.0. The number of nitriles is 2. The molecule has 7 heteroatoms. The molecule has 0 fully saturated rings. The Morgan fingerprint density at radius 3 is 2.52 bits per heavy atom. The van der Waals surface area contributed by atoms with E-state index in [9.17, 15) is 18.8 Å². The van der Waals surface area contributed by atoms with E-state index in [1.54, 1.807) is 0 Å². The number of anilines is 1. The Morgan fingerprint density at radius 1 is 1.29 bits per heavy atom. The molecule has 0 bridgehead atoms. The van der Waals surface area contributed by atoms with Crippen LogP contribution in [-0.4, -0.2) is 5.91 Å². The van der Waals surface area contributed by atoms with Crippen LogP contribution in [0.2, 0.25) is 0 Å². The van der Waals surface area contributed by atoms with Gasteiger partial charge in [0.2, 0.25) is 5.91 Å². The molecule has 0 saturated carbocycles. The topological polar surface area (TPSA) is 76.7 Å². The molecule has 1 heterocycles. The van der Waals surface area contributed by atoms with Gasteiger partial charge in [-0.3, -0.25) is 4.79 Å². The maximum absolute atomic E-state index is 13.9. The molecule has 1 amide bonds. The number of carbonyl (C=O) groups excluding carboxylic acids is 1. The van der Waals surface area contributed by atoms with Gasteiger partial charge in [-0.25, -0.2) is 8.78 Å². The van der Waals surface area contributed by atoms with Crippen molar-refractivity contribution in [3.8, 4) is 23.3 Å². The summed E-state index contributed by atoms with van der Waals surface area (Å²) < 4.78 is 26.9. The molecule has 0 atom stereocenters. The fourth-order valence-electron chi connectivity index (χ4n) is 1.81. The molecule has 2 aromatic rings. The van der Waals surface area contributed by atoms with E-state index in [2.05, 4.69) is 5.32 Å². The first kappa shape index (κ1) is 14.6. The Balaban J connectivity index is 2.73. The molecule has 0 saturated heterocycles. The SMILES string of the molecule is CC(=O)Nc1sc(C#N)c(-c2ccc(F)cc2F)c1C#N. The van der Waals surface area contributed by atoms with E-state index in [4.69, 9.17) is 5.26 Å². The molecular weight excluding hydrogens is 296 g/mol. The van der Waals surface area contributed by atoms with Crippen LogP contribution in [0.4, 0.5) is 13.8 Å². The number of nitrogens with one attached hydrogen (secondary N) is 1. The van der Waals surface area contributed by atoms with E-state index in [1.807, 2.05) is 12.1 Å². The van der Waals surface area contributed by atoms with E-state index in [0.717, 1.165) is 23.5 Å². The summed E-state index contributed by atoms with van der Waals surface area (Å²) in [5.74, 6) is -2.05. The van der Waals surface area contributed by atoms with Gasteiger partial charge in [0.05, 0.1) is 5.56 Å². The number of halogens is 2. The molecule has 1 N–H and O–H groups in total. The summed E-state index contributed by atoms with van der Waals surface area (Å²) in [4.78, 5) is 11.2. The van der Waals surface area contributed by atoms with Crippen molar-refractivity contribution in [1.82, 2.24) is 0 Å². The Morgan fingerprint density at radius 2 is 2.00 bits per heavy atom. The minimum atomic E-state index is -0.879. The van der Waals surface area contributed by atoms with Crippen molar-refractivity contribution >= 4 is 22.2 Å². The Labute approximate surface area is 122 Å². The molecule has 104 valence electrons. The average Bonchev–Trinajstić information content (AvgIpc) is 2.75. The Hall–Kier alpha value is -2.77. The molecule has 0 unspecified atom stereocenters. The predicted octanol–water partition coefficient (Wildman–Crippen LogP) is 3.40. The van der Waals surface area contributed by atoms with Gasteiger partial charge in [-0.1, -0.05) is 0 Å². The van der Waals surface area contributed by atoms with E-state index in [0.29, 0.717) is 6.07 Å². The van der Waals surface area contributed by atoms with Crippen molar-refractivity contribution in [3.63, 3.8) is 0 Å². The van der Waals surface area contributed by atoms with Gasteiger partial charge in [-0.05, 0) is 12.1 Å². The lowest BCUT2D eigenvalue weighted by Crippen LogP contribution is -2.05. The molecule has 0 aliphatic heterocycles. The first-order chi connectivity index (χ1) is 9.97.